The number of rotatable bonds is 7. The molecule has 17 heavy (non-hydrogen) atoms. The summed E-state index contributed by atoms with van der Waals surface area (Å²) in [5.41, 5.74) is 0. The number of nitrogens with one attached hydrogen (secondary N) is 2. The molecule has 96 valence electrons. The monoisotopic (exact) mass is 338 g/mol. The summed E-state index contributed by atoms with van der Waals surface area (Å²) in [7, 11) is -3.16. The van der Waals surface area contributed by atoms with E-state index in [-0.39, 0.29) is 5.75 Å². The van der Waals surface area contributed by atoms with Gasteiger partial charge in [-0.1, -0.05) is 0 Å². The summed E-state index contributed by atoms with van der Waals surface area (Å²) >= 11 is 4.89. The summed E-state index contributed by atoms with van der Waals surface area (Å²) in [6, 6.07) is 4.39. The molecule has 1 fully saturated rings. The lowest BCUT2D eigenvalue weighted by Gasteiger charge is -2.06. The third kappa shape index (κ3) is 5.05. The third-order valence-corrected chi connectivity index (χ3v) is 5.43. The first kappa shape index (κ1) is 13.5. The van der Waals surface area contributed by atoms with Gasteiger partial charge in [0.15, 0.2) is 0 Å². The zero-order valence-corrected chi connectivity index (χ0v) is 12.5. The molecule has 0 spiro atoms. The highest BCUT2D eigenvalue weighted by atomic mass is 79.9. The van der Waals surface area contributed by atoms with Crippen molar-refractivity contribution in [2.45, 2.75) is 25.4 Å². The normalized spacial score (nSPS) is 16.3. The fourth-order valence-corrected chi connectivity index (χ4v) is 3.81. The molecular formula is C10H15BrN2O2S2. The molecule has 0 aliphatic heterocycles. The molecule has 1 aliphatic rings. The van der Waals surface area contributed by atoms with E-state index in [0.717, 1.165) is 8.66 Å². The Morgan fingerprint density at radius 3 is 2.76 bits per heavy atom. The van der Waals surface area contributed by atoms with Gasteiger partial charge in [0.1, 0.15) is 0 Å². The predicted molar refractivity (Wildman–Crippen MR) is 73.7 cm³/mol. The van der Waals surface area contributed by atoms with Gasteiger partial charge in [-0.15, -0.1) is 11.3 Å². The van der Waals surface area contributed by atoms with E-state index >= 15 is 0 Å². The zero-order valence-electron chi connectivity index (χ0n) is 9.28. The molecule has 0 unspecified atom stereocenters. The topological polar surface area (TPSA) is 58.2 Å². The minimum absolute atomic E-state index is 0.149. The van der Waals surface area contributed by atoms with Crippen LogP contribution in [-0.2, 0) is 16.6 Å². The first-order valence-electron chi connectivity index (χ1n) is 5.50. The molecule has 1 aliphatic carbocycles. The summed E-state index contributed by atoms with van der Waals surface area (Å²) < 4.78 is 26.9. The first-order chi connectivity index (χ1) is 8.05. The minimum atomic E-state index is -3.16. The molecule has 2 N–H and O–H groups in total. The van der Waals surface area contributed by atoms with E-state index < -0.39 is 10.0 Å². The SMILES string of the molecule is O=S(=O)(CCNC1CC1)NCc1ccc(Br)s1. The Morgan fingerprint density at radius 1 is 1.41 bits per heavy atom. The van der Waals surface area contributed by atoms with Crippen LogP contribution in [0, 0.1) is 0 Å². The van der Waals surface area contributed by atoms with Crippen LogP contribution >= 0.6 is 27.3 Å². The lowest BCUT2D eigenvalue weighted by molar-refractivity contribution is 0.576. The van der Waals surface area contributed by atoms with Crippen molar-refractivity contribution in [3.8, 4) is 0 Å². The summed E-state index contributed by atoms with van der Waals surface area (Å²) in [5, 5.41) is 3.19. The molecule has 0 saturated heterocycles. The van der Waals surface area contributed by atoms with Gasteiger partial charge in [-0.25, -0.2) is 13.1 Å². The van der Waals surface area contributed by atoms with Crippen molar-refractivity contribution in [2.75, 3.05) is 12.3 Å². The van der Waals surface area contributed by atoms with Crippen LogP contribution in [-0.4, -0.2) is 26.8 Å². The van der Waals surface area contributed by atoms with Gasteiger partial charge in [0, 0.05) is 24.0 Å². The van der Waals surface area contributed by atoms with Crippen LogP contribution in [0.25, 0.3) is 0 Å². The largest absolute Gasteiger partial charge is 0.313 e. The molecule has 0 amide bonds. The first-order valence-corrected chi connectivity index (χ1v) is 8.76. The van der Waals surface area contributed by atoms with Crippen LogP contribution in [0.15, 0.2) is 15.9 Å². The van der Waals surface area contributed by atoms with Crippen molar-refractivity contribution in [3.05, 3.63) is 20.8 Å². The Balaban J connectivity index is 1.72. The Morgan fingerprint density at radius 2 is 2.18 bits per heavy atom. The summed E-state index contributed by atoms with van der Waals surface area (Å²) in [5.74, 6) is 0.149. The van der Waals surface area contributed by atoms with E-state index in [2.05, 4.69) is 26.0 Å². The second kappa shape index (κ2) is 5.79. The number of sulfonamides is 1. The second-order valence-corrected chi connectivity index (χ2v) is 8.55. The van der Waals surface area contributed by atoms with E-state index in [9.17, 15) is 8.42 Å². The maximum absolute atomic E-state index is 11.7. The van der Waals surface area contributed by atoms with Crippen molar-refractivity contribution >= 4 is 37.3 Å². The summed E-state index contributed by atoms with van der Waals surface area (Å²) in [4.78, 5) is 1.01. The lowest BCUT2D eigenvalue weighted by Crippen LogP contribution is -2.32. The highest BCUT2D eigenvalue weighted by molar-refractivity contribution is 9.11. The molecule has 1 heterocycles. The smallest absolute Gasteiger partial charge is 0.213 e. The maximum Gasteiger partial charge on any atom is 0.213 e. The average Bonchev–Trinajstić information content (AvgIpc) is 2.98. The summed E-state index contributed by atoms with van der Waals surface area (Å²) in [6.07, 6.45) is 2.35. The van der Waals surface area contributed by atoms with E-state index in [1.165, 1.54) is 12.8 Å². The number of halogens is 1. The van der Waals surface area contributed by atoms with Gasteiger partial charge in [-0.2, -0.15) is 0 Å². The second-order valence-electron chi connectivity index (χ2n) is 4.07. The quantitative estimate of drug-likeness (QED) is 0.795. The van der Waals surface area contributed by atoms with E-state index in [0.29, 0.717) is 19.1 Å². The lowest BCUT2D eigenvalue weighted by atomic mass is 10.5. The molecule has 0 aromatic carbocycles. The molecule has 4 nitrogen and oxygen atoms in total. The molecule has 0 bridgehead atoms. The Labute approximate surface area is 114 Å². The van der Waals surface area contributed by atoms with Gasteiger partial charge < -0.3 is 5.32 Å². The van der Waals surface area contributed by atoms with E-state index in [1.807, 2.05) is 12.1 Å². The Bertz CT molecular complexity index is 468. The van der Waals surface area contributed by atoms with Gasteiger partial charge in [0.25, 0.3) is 0 Å². The van der Waals surface area contributed by atoms with Crippen LogP contribution in [0.5, 0.6) is 0 Å². The molecule has 1 saturated carbocycles. The van der Waals surface area contributed by atoms with Gasteiger partial charge >= 0.3 is 0 Å². The summed E-state index contributed by atoms with van der Waals surface area (Å²) in [6.45, 7) is 0.913. The van der Waals surface area contributed by atoms with Crippen LogP contribution < -0.4 is 10.0 Å². The molecule has 0 radical (unpaired) electrons. The van der Waals surface area contributed by atoms with Gasteiger partial charge in [0.05, 0.1) is 9.54 Å². The van der Waals surface area contributed by atoms with Crippen LogP contribution in [0.4, 0.5) is 0 Å². The highest BCUT2D eigenvalue weighted by Gasteiger charge is 2.21. The number of thiophene rings is 1. The molecular weight excluding hydrogens is 324 g/mol. The Hall–Kier alpha value is 0.0500. The predicted octanol–water partition coefficient (Wildman–Crippen LogP) is 1.68. The van der Waals surface area contributed by atoms with Crippen molar-refractivity contribution in [3.63, 3.8) is 0 Å². The number of hydrogen-bond acceptors (Lipinski definition) is 4. The molecule has 0 atom stereocenters. The third-order valence-electron chi connectivity index (χ3n) is 2.48. The van der Waals surface area contributed by atoms with Gasteiger partial charge in [0.2, 0.25) is 10.0 Å². The van der Waals surface area contributed by atoms with E-state index in [4.69, 9.17) is 0 Å². The molecule has 2 rings (SSSR count). The van der Waals surface area contributed by atoms with Crippen molar-refractivity contribution in [1.29, 1.82) is 0 Å². The molecule has 7 heteroatoms. The molecule has 1 aromatic rings. The van der Waals surface area contributed by atoms with Gasteiger partial charge in [-0.05, 0) is 40.9 Å². The maximum atomic E-state index is 11.7. The van der Waals surface area contributed by atoms with Crippen molar-refractivity contribution in [2.24, 2.45) is 0 Å². The van der Waals surface area contributed by atoms with E-state index in [1.54, 1.807) is 11.3 Å². The molecule has 1 aromatic heterocycles. The Kier molecular flexibility index (Phi) is 4.59. The highest BCUT2D eigenvalue weighted by Crippen LogP contribution is 2.22. The van der Waals surface area contributed by atoms with Crippen molar-refractivity contribution < 1.29 is 8.42 Å². The minimum Gasteiger partial charge on any atom is -0.313 e. The van der Waals surface area contributed by atoms with Crippen LogP contribution in [0.2, 0.25) is 0 Å². The van der Waals surface area contributed by atoms with Crippen LogP contribution in [0.3, 0.4) is 0 Å². The zero-order chi connectivity index (χ0) is 12.3. The fraction of sp³-hybridized carbons (Fsp3) is 0.600. The number of hydrogen-bond donors (Lipinski definition) is 2. The fourth-order valence-electron chi connectivity index (χ4n) is 1.38. The van der Waals surface area contributed by atoms with Crippen LogP contribution in [0.1, 0.15) is 17.7 Å². The van der Waals surface area contributed by atoms with Gasteiger partial charge in [-0.3, -0.25) is 0 Å². The van der Waals surface area contributed by atoms with Crippen molar-refractivity contribution in [1.82, 2.24) is 10.0 Å². The average molecular weight is 339 g/mol. The standard InChI is InChI=1S/C10H15BrN2O2S2/c11-10-4-3-9(16-10)7-13-17(14,15)6-5-12-8-1-2-8/h3-4,8,12-13H,1-2,5-7H2.